The van der Waals surface area contributed by atoms with E-state index in [-0.39, 0.29) is 11.5 Å². The van der Waals surface area contributed by atoms with Crippen molar-refractivity contribution >= 4 is 5.91 Å². The third-order valence-electron chi connectivity index (χ3n) is 4.16. The zero-order chi connectivity index (χ0) is 12.3. The molecule has 1 saturated heterocycles. The first-order chi connectivity index (χ1) is 8.15. The molecular formula is C13H24N2O2. The summed E-state index contributed by atoms with van der Waals surface area (Å²) in [5.74, 6) is 0.318. The molecule has 1 saturated carbocycles. The number of carbonyl (C=O) groups is 1. The van der Waals surface area contributed by atoms with E-state index in [1.165, 1.54) is 19.3 Å². The highest BCUT2D eigenvalue weighted by atomic mass is 16.5. The Kier molecular flexibility index (Phi) is 4.05. The quantitative estimate of drug-likeness (QED) is 0.787. The van der Waals surface area contributed by atoms with E-state index in [4.69, 9.17) is 10.5 Å². The summed E-state index contributed by atoms with van der Waals surface area (Å²) in [5, 5.41) is 0. The zero-order valence-electron chi connectivity index (χ0n) is 10.8. The molecule has 0 spiro atoms. The Bertz CT molecular complexity index is 275. The number of carbonyl (C=O) groups excluding carboxylic acids is 1. The van der Waals surface area contributed by atoms with E-state index in [1.54, 1.807) is 0 Å². The van der Waals surface area contributed by atoms with Crippen LogP contribution < -0.4 is 5.73 Å². The average Bonchev–Trinajstić information content (AvgIpc) is 2.39. The molecule has 2 N–H and O–H groups in total. The van der Waals surface area contributed by atoms with Crippen LogP contribution >= 0.6 is 0 Å². The molecule has 2 aliphatic rings. The smallest absolute Gasteiger partial charge is 0.228 e. The highest BCUT2D eigenvalue weighted by Gasteiger charge is 2.38. The largest absolute Gasteiger partial charge is 0.373 e. The van der Waals surface area contributed by atoms with Gasteiger partial charge in [0.05, 0.1) is 12.7 Å². The fourth-order valence-corrected chi connectivity index (χ4v) is 2.97. The van der Waals surface area contributed by atoms with Crippen LogP contribution in [0.3, 0.4) is 0 Å². The second kappa shape index (κ2) is 5.36. The van der Waals surface area contributed by atoms with Crippen LogP contribution in [-0.2, 0) is 9.53 Å². The molecule has 0 bridgehead atoms. The van der Waals surface area contributed by atoms with Crippen molar-refractivity contribution in [2.45, 2.75) is 45.1 Å². The number of morpholine rings is 1. The van der Waals surface area contributed by atoms with Gasteiger partial charge >= 0.3 is 0 Å². The monoisotopic (exact) mass is 240 g/mol. The summed E-state index contributed by atoms with van der Waals surface area (Å²) in [7, 11) is 0. The van der Waals surface area contributed by atoms with Gasteiger partial charge in [0.2, 0.25) is 5.91 Å². The zero-order valence-corrected chi connectivity index (χ0v) is 10.8. The lowest BCUT2D eigenvalue weighted by Gasteiger charge is -2.40. The maximum absolute atomic E-state index is 12.6. The molecule has 98 valence electrons. The lowest BCUT2D eigenvalue weighted by molar-refractivity contribution is -0.150. The molecule has 1 aliphatic carbocycles. The van der Waals surface area contributed by atoms with Gasteiger partial charge in [-0.3, -0.25) is 4.79 Å². The lowest BCUT2D eigenvalue weighted by atomic mass is 9.74. The van der Waals surface area contributed by atoms with E-state index in [0.717, 1.165) is 19.4 Å². The topological polar surface area (TPSA) is 55.6 Å². The SMILES string of the molecule is CC1(C(=O)N2CCOC(CN)C2)CCCCC1. The summed E-state index contributed by atoms with van der Waals surface area (Å²) in [5.41, 5.74) is 5.48. The summed E-state index contributed by atoms with van der Waals surface area (Å²) in [6.45, 7) is 4.65. The van der Waals surface area contributed by atoms with Crippen molar-refractivity contribution in [3.63, 3.8) is 0 Å². The number of ether oxygens (including phenoxy) is 1. The maximum Gasteiger partial charge on any atom is 0.228 e. The highest BCUT2D eigenvalue weighted by Crippen LogP contribution is 2.37. The first-order valence-corrected chi connectivity index (χ1v) is 6.77. The molecule has 4 nitrogen and oxygen atoms in total. The van der Waals surface area contributed by atoms with Crippen LogP contribution in [0.5, 0.6) is 0 Å². The predicted octanol–water partition coefficient (Wildman–Crippen LogP) is 1.14. The van der Waals surface area contributed by atoms with Gasteiger partial charge in [0.15, 0.2) is 0 Å². The van der Waals surface area contributed by atoms with Crippen molar-refractivity contribution in [2.24, 2.45) is 11.1 Å². The fourth-order valence-electron chi connectivity index (χ4n) is 2.97. The molecule has 1 aliphatic heterocycles. The normalized spacial score (nSPS) is 29.1. The van der Waals surface area contributed by atoms with Crippen molar-refractivity contribution in [3.05, 3.63) is 0 Å². The minimum absolute atomic E-state index is 0.0277. The Morgan fingerprint density at radius 1 is 1.41 bits per heavy atom. The molecule has 1 unspecified atom stereocenters. The van der Waals surface area contributed by atoms with Crippen LogP contribution in [-0.4, -0.2) is 43.2 Å². The molecule has 17 heavy (non-hydrogen) atoms. The second-order valence-electron chi connectivity index (χ2n) is 5.60. The van der Waals surface area contributed by atoms with Gasteiger partial charge < -0.3 is 15.4 Å². The number of nitrogens with zero attached hydrogens (tertiary/aromatic N) is 1. The molecule has 4 heteroatoms. The number of rotatable bonds is 2. The predicted molar refractivity (Wildman–Crippen MR) is 66.6 cm³/mol. The first kappa shape index (κ1) is 12.8. The van der Waals surface area contributed by atoms with E-state index in [0.29, 0.717) is 25.6 Å². The molecular weight excluding hydrogens is 216 g/mol. The van der Waals surface area contributed by atoms with Crippen molar-refractivity contribution in [3.8, 4) is 0 Å². The summed E-state index contributed by atoms with van der Waals surface area (Å²) >= 11 is 0. The number of amides is 1. The summed E-state index contributed by atoms with van der Waals surface area (Å²) in [6, 6.07) is 0. The molecule has 0 aromatic rings. The highest BCUT2D eigenvalue weighted by molar-refractivity contribution is 5.82. The Morgan fingerprint density at radius 2 is 2.12 bits per heavy atom. The van der Waals surface area contributed by atoms with Crippen LogP contribution in [0.2, 0.25) is 0 Å². The summed E-state index contributed by atoms with van der Waals surface area (Å²) in [4.78, 5) is 14.5. The van der Waals surface area contributed by atoms with Crippen LogP contribution in [0.25, 0.3) is 0 Å². The average molecular weight is 240 g/mol. The molecule has 0 radical (unpaired) electrons. The molecule has 1 atom stereocenters. The number of nitrogens with two attached hydrogens (primary N) is 1. The Balaban J connectivity index is 1.98. The Morgan fingerprint density at radius 3 is 2.76 bits per heavy atom. The minimum atomic E-state index is -0.130. The van der Waals surface area contributed by atoms with Gasteiger partial charge in [-0.2, -0.15) is 0 Å². The van der Waals surface area contributed by atoms with E-state index in [9.17, 15) is 4.79 Å². The van der Waals surface area contributed by atoms with Crippen LogP contribution in [0.1, 0.15) is 39.0 Å². The number of hydrogen-bond acceptors (Lipinski definition) is 3. The molecule has 2 rings (SSSR count). The van der Waals surface area contributed by atoms with Gasteiger partial charge in [-0.15, -0.1) is 0 Å². The van der Waals surface area contributed by atoms with Gasteiger partial charge in [0.1, 0.15) is 0 Å². The van der Waals surface area contributed by atoms with Crippen LogP contribution in [0.15, 0.2) is 0 Å². The molecule has 0 aromatic carbocycles. The van der Waals surface area contributed by atoms with Crippen molar-refractivity contribution < 1.29 is 9.53 Å². The Hall–Kier alpha value is -0.610. The van der Waals surface area contributed by atoms with Gasteiger partial charge in [0, 0.05) is 25.0 Å². The summed E-state index contributed by atoms with van der Waals surface area (Å²) in [6.07, 6.45) is 5.75. The van der Waals surface area contributed by atoms with Crippen molar-refractivity contribution in [1.82, 2.24) is 4.90 Å². The van der Waals surface area contributed by atoms with E-state index < -0.39 is 0 Å². The van der Waals surface area contributed by atoms with Gasteiger partial charge in [-0.05, 0) is 12.8 Å². The molecule has 0 aromatic heterocycles. The van der Waals surface area contributed by atoms with Gasteiger partial charge in [-0.1, -0.05) is 26.2 Å². The van der Waals surface area contributed by atoms with Crippen LogP contribution in [0.4, 0.5) is 0 Å². The molecule has 1 amide bonds. The first-order valence-electron chi connectivity index (χ1n) is 6.77. The fraction of sp³-hybridized carbons (Fsp3) is 0.923. The standard InChI is InChI=1S/C13H24N2O2/c1-13(5-3-2-4-6-13)12(16)15-7-8-17-11(9-14)10-15/h11H,2-10,14H2,1H3. The molecule has 2 fully saturated rings. The Labute approximate surface area is 103 Å². The van der Waals surface area contributed by atoms with Gasteiger partial charge in [0.25, 0.3) is 0 Å². The van der Waals surface area contributed by atoms with Gasteiger partial charge in [-0.25, -0.2) is 0 Å². The third-order valence-corrected chi connectivity index (χ3v) is 4.16. The van der Waals surface area contributed by atoms with E-state index in [2.05, 4.69) is 6.92 Å². The third kappa shape index (κ3) is 2.80. The minimum Gasteiger partial charge on any atom is -0.373 e. The molecule has 1 heterocycles. The van der Waals surface area contributed by atoms with Crippen LogP contribution in [0, 0.1) is 5.41 Å². The van der Waals surface area contributed by atoms with Crippen molar-refractivity contribution in [2.75, 3.05) is 26.2 Å². The number of hydrogen-bond donors (Lipinski definition) is 1. The lowest BCUT2D eigenvalue weighted by Crippen LogP contribution is -2.52. The van der Waals surface area contributed by atoms with E-state index in [1.807, 2.05) is 4.90 Å². The maximum atomic E-state index is 12.6. The second-order valence-corrected chi connectivity index (χ2v) is 5.60. The summed E-state index contributed by atoms with van der Waals surface area (Å²) < 4.78 is 5.51. The van der Waals surface area contributed by atoms with E-state index >= 15 is 0 Å². The van der Waals surface area contributed by atoms with Crippen molar-refractivity contribution in [1.29, 1.82) is 0 Å².